The van der Waals surface area contributed by atoms with Gasteiger partial charge in [0.05, 0.1) is 11.7 Å². The molecule has 0 saturated heterocycles. The molecule has 4 aliphatic rings. The Hall–Kier alpha value is -0.0800. The first-order valence-electron chi connectivity index (χ1n) is 9.68. The fourth-order valence-corrected chi connectivity index (χ4v) is 7.48. The molecule has 0 bridgehead atoms. The van der Waals surface area contributed by atoms with Gasteiger partial charge < -0.3 is 10.2 Å². The fourth-order valence-electron chi connectivity index (χ4n) is 7.48. The van der Waals surface area contributed by atoms with Gasteiger partial charge in [-0.25, -0.2) is 0 Å². The SMILES string of the molecule is CC12CC[C@@H](O)C[C@H]1CCC1C2CCC2(C)[C@H]1CC[C@]2(C)O. The van der Waals surface area contributed by atoms with Crippen LogP contribution in [0.15, 0.2) is 0 Å². The van der Waals surface area contributed by atoms with E-state index in [4.69, 9.17) is 0 Å². The van der Waals surface area contributed by atoms with Crippen LogP contribution in [0.5, 0.6) is 0 Å². The van der Waals surface area contributed by atoms with E-state index < -0.39 is 5.60 Å². The summed E-state index contributed by atoms with van der Waals surface area (Å²) in [6.07, 6.45) is 10.6. The highest BCUT2D eigenvalue weighted by atomic mass is 16.3. The summed E-state index contributed by atoms with van der Waals surface area (Å²) in [6.45, 7) is 7.01. The van der Waals surface area contributed by atoms with Crippen molar-refractivity contribution in [2.45, 2.75) is 90.3 Å². The van der Waals surface area contributed by atoms with Crippen molar-refractivity contribution in [1.82, 2.24) is 0 Å². The van der Waals surface area contributed by atoms with Crippen LogP contribution >= 0.6 is 0 Å². The molecule has 0 spiro atoms. The van der Waals surface area contributed by atoms with Gasteiger partial charge in [0.25, 0.3) is 0 Å². The van der Waals surface area contributed by atoms with Crippen LogP contribution in [-0.2, 0) is 0 Å². The largest absolute Gasteiger partial charge is 0.393 e. The van der Waals surface area contributed by atoms with E-state index in [0.717, 1.165) is 42.9 Å². The molecule has 4 aliphatic carbocycles. The molecule has 0 radical (unpaired) electrons. The molecule has 2 N–H and O–H groups in total. The number of fused-ring (bicyclic) bond motifs is 5. The second-order valence-corrected chi connectivity index (χ2v) is 9.85. The maximum atomic E-state index is 10.9. The summed E-state index contributed by atoms with van der Waals surface area (Å²) in [5.41, 5.74) is 0.145. The first-order valence-corrected chi connectivity index (χ1v) is 9.68. The Kier molecular flexibility index (Phi) is 3.32. The van der Waals surface area contributed by atoms with Gasteiger partial charge in [0.1, 0.15) is 0 Å². The standard InChI is InChI=1S/C20H34O2/c1-18-9-6-14(21)12-13(18)4-5-15-16(18)7-10-19(2)17(15)8-11-20(19,3)22/h13-17,21-22H,4-12H2,1-3H3/t13-,14-,15?,16?,17+,18?,19?,20+/m1/s1. The second-order valence-electron chi connectivity index (χ2n) is 9.85. The molecule has 4 fully saturated rings. The minimum atomic E-state index is -0.455. The second kappa shape index (κ2) is 4.72. The van der Waals surface area contributed by atoms with Gasteiger partial charge in [0, 0.05) is 0 Å². The third-order valence-electron chi connectivity index (χ3n) is 9.20. The lowest BCUT2D eigenvalue weighted by Gasteiger charge is -2.61. The van der Waals surface area contributed by atoms with Crippen molar-refractivity contribution in [2.24, 2.45) is 34.5 Å². The molecule has 0 amide bonds. The third kappa shape index (κ3) is 1.86. The topological polar surface area (TPSA) is 40.5 Å². The molecular weight excluding hydrogens is 272 g/mol. The molecule has 0 aromatic rings. The molecular formula is C20H34O2. The van der Waals surface area contributed by atoms with Gasteiger partial charge in [-0.15, -0.1) is 0 Å². The average Bonchev–Trinajstić information content (AvgIpc) is 2.70. The highest BCUT2D eigenvalue weighted by Crippen LogP contribution is 2.68. The quantitative estimate of drug-likeness (QED) is 0.706. The van der Waals surface area contributed by atoms with Crippen molar-refractivity contribution in [3.05, 3.63) is 0 Å². The van der Waals surface area contributed by atoms with Crippen LogP contribution in [0.3, 0.4) is 0 Å². The Morgan fingerprint density at radius 1 is 0.818 bits per heavy atom. The predicted octanol–water partition coefficient (Wildman–Crippen LogP) is 4.14. The number of hydrogen-bond donors (Lipinski definition) is 2. The van der Waals surface area contributed by atoms with Gasteiger partial charge >= 0.3 is 0 Å². The predicted molar refractivity (Wildman–Crippen MR) is 88.4 cm³/mol. The van der Waals surface area contributed by atoms with Crippen molar-refractivity contribution >= 4 is 0 Å². The average molecular weight is 306 g/mol. The Morgan fingerprint density at radius 3 is 2.32 bits per heavy atom. The highest BCUT2D eigenvalue weighted by Gasteiger charge is 2.63. The van der Waals surface area contributed by atoms with Crippen molar-refractivity contribution in [3.8, 4) is 0 Å². The summed E-state index contributed by atoms with van der Waals surface area (Å²) < 4.78 is 0. The maximum absolute atomic E-state index is 10.9. The highest BCUT2D eigenvalue weighted by molar-refractivity contribution is 5.12. The Bertz CT molecular complexity index is 459. The van der Waals surface area contributed by atoms with Crippen LogP contribution < -0.4 is 0 Å². The summed E-state index contributed by atoms with van der Waals surface area (Å²) in [5.74, 6) is 3.13. The van der Waals surface area contributed by atoms with E-state index in [1.165, 1.54) is 38.5 Å². The van der Waals surface area contributed by atoms with E-state index in [9.17, 15) is 10.2 Å². The van der Waals surface area contributed by atoms with Crippen LogP contribution in [0.4, 0.5) is 0 Å². The molecule has 4 rings (SSSR count). The molecule has 2 heteroatoms. The number of aliphatic hydroxyl groups is 2. The van der Waals surface area contributed by atoms with Crippen LogP contribution in [0.25, 0.3) is 0 Å². The minimum Gasteiger partial charge on any atom is -0.393 e. The summed E-state index contributed by atoms with van der Waals surface area (Å²) in [5, 5.41) is 21.0. The van der Waals surface area contributed by atoms with Crippen molar-refractivity contribution in [2.75, 3.05) is 0 Å². The lowest BCUT2D eigenvalue weighted by Crippen LogP contribution is -2.56. The van der Waals surface area contributed by atoms with Crippen LogP contribution in [0.2, 0.25) is 0 Å². The molecule has 8 atom stereocenters. The third-order valence-corrected chi connectivity index (χ3v) is 9.20. The van der Waals surface area contributed by atoms with Gasteiger partial charge in [0.2, 0.25) is 0 Å². The molecule has 0 aliphatic heterocycles. The zero-order valence-electron chi connectivity index (χ0n) is 14.6. The molecule has 22 heavy (non-hydrogen) atoms. The molecule has 126 valence electrons. The van der Waals surface area contributed by atoms with Crippen LogP contribution in [0.1, 0.15) is 78.6 Å². The lowest BCUT2D eigenvalue weighted by atomic mass is 9.44. The first kappa shape index (κ1) is 15.4. The van der Waals surface area contributed by atoms with Gasteiger partial charge in [-0.2, -0.15) is 0 Å². The normalized spacial score (nSPS) is 61.2. The van der Waals surface area contributed by atoms with E-state index in [0.29, 0.717) is 5.41 Å². The molecule has 0 aromatic carbocycles. The maximum Gasteiger partial charge on any atom is 0.0675 e. The van der Waals surface area contributed by atoms with E-state index in [-0.39, 0.29) is 11.5 Å². The monoisotopic (exact) mass is 306 g/mol. The van der Waals surface area contributed by atoms with Gasteiger partial charge in [-0.05, 0) is 99.2 Å². The van der Waals surface area contributed by atoms with E-state index in [1.54, 1.807) is 0 Å². The zero-order chi connectivity index (χ0) is 15.8. The lowest BCUT2D eigenvalue weighted by molar-refractivity contribution is -0.153. The molecule has 0 heterocycles. The first-order chi connectivity index (χ1) is 10.3. The van der Waals surface area contributed by atoms with Crippen LogP contribution in [0, 0.1) is 34.5 Å². The Morgan fingerprint density at radius 2 is 1.55 bits per heavy atom. The number of aliphatic hydroxyl groups excluding tert-OH is 1. The van der Waals surface area contributed by atoms with Gasteiger partial charge in [-0.1, -0.05) is 13.8 Å². The summed E-state index contributed by atoms with van der Waals surface area (Å²) in [7, 11) is 0. The zero-order valence-corrected chi connectivity index (χ0v) is 14.6. The summed E-state index contributed by atoms with van der Waals surface area (Å²) in [4.78, 5) is 0. The number of rotatable bonds is 0. The molecule has 4 unspecified atom stereocenters. The molecule has 4 saturated carbocycles. The van der Waals surface area contributed by atoms with E-state index >= 15 is 0 Å². The summed E-state index contributed by atoms with van der Waals surface area (Å²) in [6, 6.07) is 0. The summed E-state index contributed by atoms with van der Waals surface area (Å²) >= 11 is 0. The molecule has 0 aromatic heterocycles. The minimum absolute atomic E-state index is 0.0457. The van der Waals surface area contributed by atoms with E-state index in [2.05, 4.69) is 20.8 Å². The Labute approximate surface area is 135 Å². The number of hydrogen-bond acceptors (Lipinski definition) is 2. The van der Waals surface area contributed by atoms with Crippen molar-refractivity contribution in [1.29, 1.82) is 0 Å². The van der Waals surface area contributed by atoms with Crippen molar-refractivity contribution < 1.29 is 10.2 Å². The molecule has 2 nitrogen and oxygen atoms in total. The Balaban J connectivity index is 1.64. The van der Waals surface area contributed by atoms with Crippen molar-refractivity contribution in [3.63, 3.8) is 0 Å². The van der Waals surface area contributed by atoms with Gasteiger partial charge in [0.15, 0.2) is 0 Å². The fraction of sp³-hybridized carbons (Fsp3) is 1.00. The van der Waals surface area contributed by atoms with Gasteiger partial charge in [-0.3, -0.25) is 0 Å². The smallest absolute Gasteiger partial charge is 0.0675 e. The van der Waals surface area contributed by atoms with E-state index in [1.807, 2.05) is 0 Å². The van der Waals surface area contributed by atoms with Crippen LogP contribution in [-0.4, -0.2) is 21.9 Å².